The summed E-state index contributed by atoms with van der Waals surface area (Å²) < 4.78 is 26.4. The van der Waals surface area contributed by atoms with Gasteiger partial charge < -0.3 is 19.7 Å². The molecular weight excluding hydrogens is 509 g/mol. The first kappa shape index (κ1) is 32.8. The third-order valence-electron chi connectivity index (χ3n) is 6.17. The molecule has 0 unspecified atom stereocenters. The van der Waals surface area contributed by atoms with Crippen LogP contribution in [0.1, 0.15) is 76.0 Å². The summed E-state index contributed by atoms with van der Waals surface area (Å²) in [5.41, 5.74) is 6.33. The van der Waals surface area contributed by atoms with Crippen molar-refractivity contribution in [1.29, 1.82) is 0 Å². The molecule has 2 aromatic carbocycles. The fourth-order valence-electron chi connectivity index (χ4n) is 4.71. The summed E-state index contributed by atoms with van der Waals surface area (Å²) in [6, 6.07) is 9.12. The number of halogens is 1. The van der Waals surface area contributed by atoms with Crippen molar-refractivity contribution in [3.63, 3.8) is 0 Å². The first-order valence-corrected chi connectivity index (χ1v) is 13.9. The van der Waals surface area contributed by atoms with Crippen LogP contribution < -0.4 is 9.47 Å². The maximum absolute atomic E-state index is 15.2. The van der Waals surface area contributed by atoms with Gasteiger partial charge >= 0.3 is 5.97 Å². The Kier molecular flexibility index (Phi) is 11.7. The lowest BCUT2D eigenvalue weighted by Crippen LogP contribution is -2.14. The van der Waals surface area contributed by atoms with Gasteiger partial charge in [-0.3, -0.25) is 9.78 Å². The molecule has 6 nitrogen and oxygen atoms in total. The number of aliphatic carboxylic acids is 1. The van der Waals surface area contributed by atoms with Crippen molar-refractivity contribution >= 4 is 5.97 Å². The van der Waals surface area contributed by atoms with Crippen LogP contribution in [-0.4, -0.2) is 40.0 Å². The zero-order valence-corrected chi connectivity index (χ0v) is 25.4. The predicted molar refractivity (Wildman–Crippen MR) is 159 cm³/mol. The molecule has 0 radical (unpaired) electrons. The molecule has 0 atom stereocenters. The predicted octanol–water partition coefficient (Wildman–Crippen LogP) is 7.63. The molecule has 0 bridgehead atoms. The van der Waals surface area contributed by atoms with Crippen LogP contribution in [0.5, 0.6) is 11.5 Å². The van der Waals surface area contributed by atoms with Crippen molar-refractivity contribution in [3.8, 4) is 33.8 Å². The highest BCUT2D eigenvalue weighted by molar-refractivity contribution is 5.91. The third-order valence-corrected chi connectivity index (χ3v) is 6.17. The van der Waals surface area contributed by atoms with Crippen LogP contribution in [-0.2, 0) is 17.6 Å². The number of carbonyl (C=O) groups is 1. The highest BCUT2D eigenvalue weighted by Crippen LogP contribution is 2.44. The minimum Gasteiger partial charge on any atom is -0.494 e. The van der Waals surface area contributed by atoms with E-state index in [2.05, 4.69) is 4.98 Å². The fraction of sp³-hybridized carbons (Fsp3) is 0.455. The Morgan fingerprint density at radius 1 is 1.07 bits per heavy atom. The van der Waals surface area contributed by atoms with Crippen LogP contribution in [0.3, 0.4) is 0 Å². The number of pyridine rings is 1. The van der Waals surface area contributed by atoms with Gasteiger partial charge in [-0.15, -0.1) is 0 Å². The number of aryl methyl sites for hydroxylation is 2. The van der Waals surface area contributed by atoms with E-state index in [9.17, 15) is 9.90 Å². The SMILES string of the molecule is CC.CC(C)(C)O.CCOc1ccc(-c2c(C)nc(C)c(CC(=O)O)c2-c2cc(F)c3c(c2C)CCCO3)cc1. The van der Waals surface area contributed by atoms with E-state index >= 15 is 4.39 Å². The van der Waals surface area contributed by atoms with Crippen molar-refractivity contribution < 1.29 is 28.9 Å². The molecule has 0 fully saturated rings. The van der Waals surface area contributed by atoms with Crippen molar-refractivity contribution in [2.75, 3.05) is 13.2 Å². The smallest absolute Gasteiger partial charge is 0.307 e. The lowest BCUT2D eigenvalue weighted by molar-refractivity contribution is -0.136. The number of hydrogen-bond donors (Lipinski definition) is 2. The molecule has 0 aliphatic carbocycles. The topological polar surface area (TPSA) is 88.9 Å². The van der Waals surface area contributed by atoms with Crippen molar-refractivity contribution in [2.45, 2.75) is 87.2 Å². The van der Waals surface area contributed by atoms with Gasteiger partial charge in [-0.1, -0.05) is 26.0 Å². The van der Waals surface area contributed by atoms with Crippen molar-refractivity contribution in [3.05, 3.63) is 64.2 Å². The molecule has 218 valence electrons. The molecular formula is C33H44FNO5. The molecule has 7 heteroatoms. The highest BCUT2D eigenvalue weighted by atomic mass is 19.1. The first-order chi connectivity index (χ1) is 18.8. The molecule has 0 saturated heterocycles. The molecule has 1 aromatic heterocycles. The summed E-state index contributed by atoms with van der Waals surface area (Å²) in [6.45, 7) is 17.9. The van der Waals surface area contributed by atoms with Gasteiger partial charge in [0, 0.05) is 22.5 Å². The van der Waals surface area contributed by atoms with Gasteiger partial charge in [0.15, 0.2) is 11.6 Å². The van der Waals surface area contributed by atoms with E-state index in [4.69, 9.17) is 14.6 Å². The van der Waals surface area contributed by atoms with Gasteiger partial charge in [-0.2, -0.15) is 0 Å². The summed E-state index contributed by atoms with van der Waals surface area (Å²) in [5.74, 6) is -0.315. The lowest BCUT2D eigenvalue weighted by Gasteiger charge is -2.25. The molecule has 1 aliphatic heterocycles. The van der Waals surface area contributed by atoms with Crippen LogP contribution in [0, 0.1) is 26.6 Å². The number of benzene rings is 2. The second-order valence-electron chi connectivity index (χ2n) is 10.5. The second-order valence-corrected chi connectivity index (χ2v) is 10.5. The van der Waals surface area contributed by atoms with Gasteiger partial charge in [0.05, 0.1) is 25.2 Å². The lowest BCUT2D eigenvalue weighted by atomic mass is 9.84. The molecule has 0 spiro atoms. The van der Waals surface area contributed by atoms with Gasteiger partial charge in [-0.05, 0) is 107 Å². The quantitative estimate of drug-likeness (QED) is 0.326. The zero-order valence-electron chi connectivity index (χ0n) is 25.4. The molecule has 4 rings (SSSR count). The monoisotopic (exact) mass is 553 g/mol. The number of aliphatic hydroxyl groups is 1. The van der Waals surface area contributed by atoms with Crippen LogP contribution in [0.15, 0.2) is 30.3 Å². The number of carboxylic acid groups (broad SMARTS) is 1. The molecule has 2 N–H and O–H groups in total. The largest absolute Gasteiger partial charge is 0.494 e. The van der Waals surface area contributed by atoms with Crippen LogP contribution in [0.25, 0.3) is 22.3 Å². The number of hydrogen-bond acceptors (Lipinski definition) is 5. The van der Waals surface area contributed by atoms with E-state index in [0.29, 0.717) is 35.8 Å². The number of aromatic nitrogens is 1. The number of fused-ring (bicyclic) bond motifs is 1. The molecule has 2 heterocycles. The van der Waals surface area contributed by atoms with Crippen LogP contribution >= 0.6 is 0 Å². The van der Waals surface area contributed by atoms with E-state index in [1.165, 1.54) is 6.07 Å². The summed E-state index contributed by atoms with van der Waals surface area (Å²) in [5, 5.41) is 18.2. The van der Waals surface area contributed by atoms with Gasteiger partial charge in [0.25, 0.3) is 0 Å². The minimum absolute atomic E-state index is 0.201. The fourth-order valence-corrected chi connectivity index (χ4v) is 4.71. The Labute approximate surface area is 238 Å². The molecule has 0 saturated carbocycles. The van der Waals surface area contributed by atoms with Gasteiger partial charge in [-0.25, -0.2) is 4.39 Å². The maximum Gasteiger partial charge on any atom is 0.307 e. The number of rotatable bonds is 6. The van der Waals surface area contributed by atoms with E-state index in [0.717, 1.165) is 52.1 Å². The normalized spacial score (nSPS) is 12.2. The summed E-state index contributed by atoms with van der Waals surface area (Å²) >= 11 is 0. The van der Waals surface area contributed by atoms with E-state index in [-0.39, 0.29) is 6.42 Å². The summed E-state index contributed by atoms with van der Waals surface area (Å²) in [6.07, 6.45) is 1.34. The average molecular weight is 554 g/mol. The minimum atomic E-state index is -0.956. The van der Waals surface area contributed by atoms with Gasteiger partial charge in [0.1, 0.15) is 5.75 Å². The summed E-state index contributed by atoms with van der Waals surface area (Å²) in [7, 11) is 0. The number of carboxylic acids is 1. The van der Waals surface area contributed by atoms with E-state index in [1.54, 1.807) is 20.8 Å². The zero-order chi connectivity index (χ0) is 30.2. The number of nitrogens with zero attached hydrogens (tertiary/aromatic N) is 1. The van der Waals surface area contributed by atoms with Crippen LogP contribution in [0.2, 0.25) is 0 Å². The van der Waals surface area contributed by atoms with E-state index in [1.807, 2.05) is 65.8 Å². The average Bonchev–Trinajstić information content (AvgIpc) is 2.89. The van der Waals surface area contributed by atoms with Crippen molar-refractivity contribution in [2.24, 2.45) is 0 Å². The van der Waals surface area contributed by atoms with E-state index < -0.39 is 17.4 Å². The Morgan fingerprint density at radius 2 is 1.68 bits per heavy atom. The first-order valence-electron chi connectivity index (χ1n) is 13.9. The standard InChI is InChI=1S/C27H28FNO4.C4H10O.C2H6/c1-5-32-19-10-8-18(9-11-19)25-17(4)29-16(3)22(14-24(30)31)26(25)21-13-23(28)27-20(15(21)2)7-6-12-33-27;1-4(2,3)5;1-2/h8-11,13H,5-7,12,14H2,1-4H3,(H,30,31);5H,1-3H3;1-2H3. The Hall–Kier alpha value is -3.45. The Morgan fingerprint density at radius 3 is 2.23 bits per heavy atom. The second kappa shape index (κ2) is 14.3. The highest BCUT2D eigenvalue weighted by Gasteiger charge is 2.26. The molecule has 1 aliphatic rings. The number of ether oxygens (including phenoxy) is 2. The summed E-state index contributed by atoms with van der Waals surface area (Å²) in [4.78, 5) is 16.5. The molecule has 40 heavy (non-hydrogen) atoms. The Balaban J connectivity index is 0.000000722. The van der Waals surface area contributed by atoms with Crippen LogP contribution in [0.4, 0.5) is 4.39 Å². The van der Waals surface area contributed by atoms with Crippen molar-refractivity contribution in [1.82, 2.24) is 4.98 Å². The van der Waals surface area contributed by atoms with Gasteiger partial charge in [0.2, 0.25) is 0 Å². The molecule has 3 aromatic rings. The third kappa shape index (κ3) is 8.28. The maximum atomic E-state index is 15.2. The Bertz CT molecular complexity index is 1300. The molecule has 0 amide bonds.